The summed E-state index contributed by atoms with van der Waals surface area (Å²) in [4.78, 5) is 6.94. The second kappa shape index (κ2) is 9.07. The second-order valence-electron chi connectivity index (χ2n) is 7.56. The Balaban J connectivity index is 1.50. The lowest BCUT2D eigenvalue weighted by Crippen LogP contribution is -2.52. The molecule has 144 valence electrons. The molecule has 3 atom stereocenters. The first-order valence-corrected chi connectivity index (χ1v) is 10.0. The van der Waals surface area contributed by atoms with Crippen molar-refractivity contribution in [2.75, 3.05) is 39.9 Å². The predicted octanol–water partition coefficient (Wildman–Crippen LogP) is 2.72. The first-order chi connectivity index (χ1) is 12.6. The summed E-state index contributed by atoms with van der Waals surface area (Å²) in [5, 5.41) is 7.90. The van der Waals surface area contributed by atoms with Crippen molar-refractivity contribution in [1.29, 1.82) is 0 Å². The van der Waals surface area contributed by atoms with E-state index in [9.17, 15) is 0 Å². The third-order valence-corrected chi connectivity index (χ3v) is 5.61. The zero-order valence-corrected chi connectivity index (χ0v) is 16.8. The summed E-state index contributed by atoms with van der Waals surface area (Å²) in [7, 11) is 1.84. The summed E-state index contributed by atoms with van der Waals surface area (Å²) in [6, 6.07) is 9.09. The fourth-order valence-corrected chi connectivity index (χ4v) is 3.93. The Hall–Kier alpha value is -1.30. The van der Waals surface area contributed by atoms with Crippen molar-refractivity contribution in [3.8, 4) is 0 Å². The highest BCUT2D eigenvalue weighted by Gasteiger charge is 2.39. The van der Waals surface area contributed by atoms with Crippen LogP contribution in [-0.4, -0.2) is 62.8 Å². The second-order valence-corrected chi connectivity index (χ2v) is 8.00. The summed E-state index contributed by atoms with van der Waals surface area (Å²) >= 11 is 6.12. The zero-order chi connectivity index (χ0) is 18.5. The van der Waals surface area contributed by atoms with Crippen LogP contribution in [0, 0.1) is 5.92 Å². The largest absolute Gasteiger partial charge is 0.379 e. The lowest BCUT2D eigenvalue weighted by molar-refractivity contribution is 0.00752. The van der Waals surface area contributed by atoms with E-state index in [0.29, 0.717) is 23.9 Å². The van der Waals surface area contributed by atoms with Crippen LogP contribution in [0.3, 0.4) is 0 Å². The summed E-state index contributed by atoms with van der Waals surface area (Å²) in [5.74, 6) is 1.99. The van der Waals surface area contributed by atoms with Crippen LogP contribution in [0.1, 0.15) is 31.7 Å². The monoisotopic (exact) mass is 378 g/mol. The molecule has 3 unspecified atom stereocenters. The van der Waals surface area contributed by atoms with Crippen LogP contribution in [-0.2, 0) is 4.74 Å². The average molecular weight is 379 g/mol. The third kappa shape index (κ3) is 5.12. The highest BCUT2D eigenvalue weighted by molar-refractivity contribution is 6.30. The smallest absolute Gasteiger partial charge is 0.191 e. The molecule has 1 saturated carbocycles. The molecular formula is C20H31ClN4O. The van der Waals surface area contributed by atoms with Gasteiger partial charge in [-0.3, -0.25) is 9.89 Å². The van der Waals surface area contributed by atoms with Gasteiger partial charge in [-0.2, -0.15) is 0 Å². The van der Waals surface area contributed by atoms with Crippen LogP contribution < -0.4 is 10.6 Å². The van der Waals surface area contributed by atoms with Crippen molar-refractivity contribution >= 4 is 17.6 Å². The van der Waals surface area contributed by atoms with E-state index >= 15 is 0 Å². The molecule has 0 spiro atoms. The molecule has 2 N–H and O–H groups in total. The molecule has 1 aliphatic heterocycles. The lowest BCUT2D eigenvalue weighted by Gasteiger charge is -2.37. The van der Waals surface area contributed by atoms with Gasteiger partial charge in [-0.05, 0) is 30.0 Å². The van der Waals surface area contributed by atoms with Gasteiger partial charge in [-0.25, -0.2) is 0 Å². The van der Waals surface area contributed by atoms with Crippen molar-refractivity contribution in [3.63, 3.8) is 0 Å². The van der Waals surface area contributed by atoms with Crippen molar-refractivity contribution in [1.82, 2.24) is 15.5 Å². The van der Waals surface area contributed by atoms with Gasteiger partial charge in [0, 0.05) is 49.7 Å². The molecule has 0 amide bonds. The van der Waals surface area contributed by atoms with Gasteiger partial charge < -0.3 is 15.4 Å². The number of morpholine rings is 1. The molecule has 1 aliphatic carbocycles. The van der Waals surface area contributed by atoms with Gasteiger partial charge in [-0.1, -0.05) is 37.6 Å². The molecule has 1 aromatic carbocycles. The van der Waals surface area contributed by atoms with Gasteiger partial charge in [0.15, 0.2) is 5.96 Å². The Labute approximate surface area is 162 Å². The number of hydrogen-bond acceptors (Lipinski definition) is 3. The number of ether oxygens (including phenoxy) is 1. The van der Waals surface area contributed by atoms with Crippen LogP contribution in [0.2, 0.25) is 5.02 Å². The molecule has 3 rings (SSSR count). The number of nitrogens with zero attached hydrogens (tertiary/aromatic N) is 2. The van der Waals surface area contributed by atoms with Crippen molar-refractivity contribution in [2.24, 2.45) is 10.9 Å². The van der Waals surface area contributed by atoms with E-state index in [1.54, 1.807) is 0 Å². The maximum Gasteiger partial charge on any atom is 0.191 e. The summed E-state index contributed by atoms with van der Waals surface area (Å²) in [6.07, 6.45) is 1.12. The van der Waals surface area contributed by atoms with E-state index in [2.05, 4.69) is 46.5 Å². The molecule has 5 nitrogen and oxygen atoms in total. The van der Waals surface area contributed by atoms with Gasteiger partial charge >= 0.3 is 0 Å². The minimum Gasteiger partial charge on any atom is -0.379 e. The van der Waals surface area contributed by atoms with Gasteiger partial charge in [0.25, 0.3) is 0 Å². The van der Waals surface area contributed by atoms with E-state index in [1.807, 2.05) is 19.2 Å². The number of guanidine groups is 1. The third-order valence-electron chi connectivity index (χ3n) is 5.38. The Morgan fingerprint density at radius 2 is 2.12 bits per heavy atom. The standard InChI is InChI=1S/C20H31ClN4O/c1-14(2)19(25-7-9-26-10-8-25)13-23-20(22-3)24-18-12-17(18)15-5-4-6-16(21)11-15/h4-6,11,14,17-19H,7-10,12-13H2,1-3H3,(H2,22,23,24). The van der Waals surface area contributed by atoms with E-state index in [1.165, 1.54) is 5.56 Å². The minimum absolute atomic E-state index is 0.431. The average Bonchev–Trinajstić information content (AvgIpc) is 3.41. The zero-order valence-electron chi connectivity index (χ0n) is 16.0. The van der Waals surface area contributed by atoms with E-state index in [0.717, 1.165) is 50.3 Å². The van der Waals surface area contributed by atoms with Gasteiger partial charge in [0.05, 0.1) is 13.2 Å². The van der Waals surface area contributed by atoms with Crippen LogP contribution >= 0.6 is 11.6 Å². The number of benzene rings is 1. The molecule has 1 heterocycles. The van der Waals surface area contributed by atoms with Crippen LogP contribution in [0.5, 0.6) is 0 Å². The molecule has 6 heteroatoms. The van der Waals surface area contributed by atoms with Crippen molar-refractivity contribution in [2.45, 2.75) is 38.3 Å². The molecule has 0 bridgehead atoms. The maximum absolute atomic E-state index is 6.12. The highest BCUT2D eigenvalue weighted by Crippen LogP contribution is 2.41. The van der Waals surface area contributed by atoms with Crippen LogP contribution in [0.25, 0.3) is 0 Å². The Morgan fingerprint density at radius 1 is 1.35 bits per heavy atom. The molecule has 1 aromatic rings. The fourth-order valence-electron chi connectivity index (χ4n) is 3.73. The SMILES string of the molecule is CN=C(NCC(C(C)C)N1CCOCC1)NC1CC1c1cccc(Cl)c1. The summed E-state index contributed by atoms with van der Waals surface area (Å²) < 4.78 is 5.49. The van der Waals surface area contributed by atoms with Crippen LogP contribution in [0.15, 0.2) is 29.3 Å². The summed E-state index contributed by atoms with van der Waals surface area (Å²) in [5.41, 5.74) is 1.30. The van der Waals surface area contributed by atoms with Crippen LogP contribution in [0.4, 0.5) is 0 Å². The number of nitrogens with one attached hydrogen (secondary N) is 2. The molecule has 0 radical (unpaired) electrons. The molecule has 1 saturated heterocycles. The fraction of sp³-hybridized carbons (Fsp3) is 0.650. The molecule has 2 fully saturated rings. The lowest BCUT2D eigenvalue weighted by atomic mass is 10.0. The minimum atomic E-state index is 0.431. The molecule has 2 aliphatic rings. The Kier molecular flexibility index (Phi) is 6.79. The van der Waals surface area contributed by atoms with E-state index < -0.39 is 0 Å². The molecule has 0 aromatic heterocycles. The Morgan fingerprint density at radius 3 is 2.77 bits per heavy atom. The summed E-state index contributed by atoms with van der Waals surface area (Å²) in [6.45, 7) is 9.15. The number of hydrogen-bond donors (Lipinski definition) is 2. The van der Waals surface area contributed by atoms with Crippen molar-refractivity contribution in [3.05, 3.63) is 34.9 Å². The van der Waals surface area contributed by atoms with Gasteiger partial charge in [0.2, 0.25) is 0 Å². The quantitative estimate of drug-likeness (QED) is 0.590. The topological polar surface area (TPSA) is 48.9 Å². The van der Waals surface area contributed by atoms with Gasteiger partial charge in [0.1, 0.15) is 0 Å². The van der Waals surface area contributed by atoms with E-state index in [4.69, 9.17) is 16.3 Å². The van der Waals surface area contributed by atoms with E-state index in [-0.39, 0.29) is 0 Å². The van der Waals surface area contributed by atoms with Crippen molar-refractivity contribution < 1.29 is 4.74 Å². The molecular weight excluding hydrogens is 348 g/mol. The number of aliphatic imine (C=N–C) groups is 1. The number of rotatable bonds is 6. The number of halogens is 1. The first-order valence-electron chi connectivity index (χ1n) is 9.63. The normalized spacial score (nSPS) is 25.2. The predicted molar refractivity (Wildman–Crippen MR) is 108 cm³/mol. The molecule has 26 heavy (non-hydrogen) atoms. The van der Waals surface area contributed by atoms with Gasteiger partial charge in [-0.15, -0.1) is 0 Å². The maximum atomic E-state index is 6.12. The highest BCUT2D eigenvalue weighted by atomic mass is 35.5. The first kappa shape index (κ1) is 19.5. The Bertz CT molecular complexity index is 616.